The second-order valence-corrected chi connectivity index (χ2v) is 8.22. The topological polar surface area (TPSA) is 143 Å². The first-order valence-electron chi connectivity index (χ1n) is 12.3. The molecule has 0 bridgehead atoms. The molecule has 4 rings (SSSR count). The smallest absolute Gasteiger partial charge is 0.269 e. The molecule has 0 radical (unpaired) electrons. The Balaban J connectivity index is 1.54. The number of anilines is 6. The number of nitro groups is 1. The number of hydrazone groups is 1. The lowest BCUT2D eigenvalue weighted by Gasteiger charge is -2.20. The number of hydrogen-bond donors (Lipinski definition) is 3. The van der Waals surface area contributed by atoms with E-state index < -0.39 is 4.92 Å². The molecule has 0 spiro atoms. The molecular formula is C27H29N9O3. The maximum absolute atomic E-state index is 11.0. The SMILES string of the molecule is CCN(CC)c1ccc(C=NNc2nc(Nc3ccc(OC)cc3)nc(Nc3ccc([N+](=O)[O-])cc3)n2)cc1. The molecule has 0 saturated carbocycles. The Kier molecular flexibility index (Phi) is 8.80. The predicted octanol–water partition coefficient (Wildman–Crippen LogP) is 5.57. The van der Waals surface area contributed by atoms with Gasteiger partial charge in [0.15, 0.2) is 0 Å². The summed E-state index contributed by atoms with van der Waals surface area (Å²) in [6.45, 7) is 6.13. The molecule has 0 amide bonds. The summed E-state index contributed by atoms with van der Waals surface area (Å²) in [5.41, 5.74) is 6.22. The number of nitrogens with one attached hydrogen (secondary N) is 3. The van der Waals surface area contributed by atoms with Gasteiger partial charge in [0, 0.05) is 42.3 Å². The van der Waals surface area contributed by atoms with E-state index in [1.807, 2.05) is 36.4 Å². The Hall–Kier alpha value is -5.26. The van der Waals surface area contributed by atoms with Gasteiger partial charge in [0.2, 0.25) is 17.8 Å². The average Bonchev–Trinajstić information content (AvgIpc) is 2.95. The highest BCUT2D eigenvalue weighted by Gasteiger charge is 2.10. The summed E-state index contributed by atoms with van der Waals surface area (Å²) in [5.74, 6) is 1.40. The van der Waals surface area contributed by atoms with Crippen molar-refractivity contribution in [3.05, 3.63) is 88.5 Å². The molecule has 12 heteroatoms. The molecule has 0 aliphatic heterocycles. The third-order valence-corrected chi connectivity index (χ3v) is 5.72. The molecule has 1 heterocycles. The van der Waals surface area contributed by atoms with E-state index in [1.165, 1.54) is 12.1 Å². The van der Waals surface area contributed by atoms with Crippen LogP contribution in [0, 0.1) is 10.1 Å². The first-order chi connectivity index (χ1) is 19.0. The number of nitro benzene ring substituents is 1. The minimum atomic E-state index is -0.458. The zero-order chi connectivity index (χ0) is 27.6. The Morgan fingerprint density at radius 1 is 0.846 bits per heavy atom. The maximum Gasteiger partial charge on any atom is 0.269 e. The highest BCUT2D eigenvalue weighted by atomic mass is 16.6. The number of aromatic nitrogens is 3. The standard InChI is InChI=1S/C27H29N9O3/c1-4-35(5-2)22-12-6-19(7-13-22)18-28-34-27-32-25(29-20-8-14-23(15-9-20)36(37)38)31-26(33-27)30-21-10-16-24(39-3)17-11-21/h6-18H,4-5H2,1-3H3,(H3,29,30,31,32,33,34). The van der Waals surface area contributed by atoms with Gasteiger partial charge in [-0.05, 0) is 67.9 Å². The van der Waals surface area contributed by atoms with Gasteiger partial charge in [-0.2, -0.15) is 20.1 Å². The highest BCUT2D eigenvalue weighted by Crippen LogP contribution is 2.22. The van der Waals surface area contributed by atoms with Crippen LogP contribution in [0.2, 0.25) is 0 Å². The molecule has 0 aliphatic carbocycles. The largest absolute Gasteiger partial charge is 0.497 e. The Labute approximate surface area is 225 Å². The van der Waals surface area contributed by atoms with Crippen LogP contribution in [0.15, 0.2) is 77.9 Å². The zero-order valence-corrected chi connectivity index (χ0v) is 21.8. The fourth-order valence-electron chi connectivity index (χ4n) is 3.66. The van der Waals surface area contributed by atoms with Crippen LogP contribution in [-0.2, 0) is 0 Å². The van der Waals surface area contributed by atoms with E-state index >= 15 is 0 Å². The van der Waals surface area contributed by atoms with Crippen LogP contribution >= 0.6 is 0 Å². The number of methoxy groups -OCH3 is 1. The second kappa shape index (κ2) is 12.8. The molecular weight excluding hydrogens is 498 g/mol. The molecule has 4 aromatic rings. The van der Waals surface area contributed by atoms with E-state index in [9.17, 15) is 10.1 Å². The first kappa shape index (κ1) is 26.8. The van der Waals surface area contributed by atoms with Crippen LogP contribution in [0.4, 0.5) is 40.6 Å². The average molecular weight is 528 g/mol. The number of benzene rings is 3. The summed E-state index contributed by atoms with van der Waals surface area (Å²) < 4.78 is 5.21. The third-order valence-electron chi connectivity index (χ3n) is 5.72. The van der Waals surface area contributed by atoms with E-state index in [-0.39, 0.29) is 23.5 Å². The van der Waals surface area contributed by atoms with Crippen LogP contribution in [0.1, 0.15) is 19.4 Å². The lowest BCUT2D eigenvalue weighted by Crippen LogP contribution is -2.21. The fourth-order valence-corrected chi connectivity index (χ4v) is 3.66. The summed E-state index contributed by atoms with van der Waals surface area (Å²) in [5, 5.41) is 21.4. The van der Waals surface area contributed by atoms with E-state index in [0.29, 0.717) is 5.69 Å². The Bertz CT molecular complexity index is 1410. The molecule has 3 N–H and O–H groups in total. The molecule has 1 aromatic heterocycles. The van der Waals surface area contributed by atoms with Gasteiger partial charge in [0.25, 0.3) is 5.69 Å². The van der Waals surface area contributed by atoms with Crippen molar-refractivity contribution in [2.75, 3.05) is 41.2 Å². The normalized spacial score (nSPS) is 10.7. The molecule has 3 aromatic carbocycles. The summed E-state index contributed by atoms with van der Waals surface area (Å²) in [6.07, 6.45) is 1.68. The molecule has 0 atom stereocenters. The summed E-state index contributed by atoms with van der Waals surface area (Å²) in [4.78, 5) is 26.0. The molecule has 39 heavy (non-hydrogen) atoms. The van der Waals surface area contributed by atoms with Gasteiger partial charge in [0.1, 0.15) is 5.75 Å². The second-order valence-electron chi connectivity index (χ2n) is 8.22. The minimum absolute atomic E-state index is 0.0140. The lowest BCUT2D eigenvalue weighted by molar-refractivity contribution is -0.384. The van der Waals surface area contributed by atoms with Gasteiger partial charge < -0.3 is 20.3 Å². The first-order valence-corrected chi connectivity index (χ1v) is 12.3. The van der Waals surface area contributed by atoms with Crippen molar-refractivity contribution >= 4 is 46.8 Å². The lowest BCUT2D eigenvalue weighted by atomic mass is 10.2. The van der Waals surface area contributed by atoms with Crippen molar-refractivity contribution in [1.29, 1.82) is 0 Å². The third kappa shape index (κ3) is 7.38. The van der Waals surface area contributed by atoms with E-state index in [0.717, 1.165) is 35.8 Å². The number of nitrogens with zero attached hydrogens (tertiary/aromatic N) is 6. The van der Waals surface area contributed by atoms with Gasteiger partial charge in [0.05, 0.1) is 18.2 Å². The number of ether oxygens (including phenoxy) is 1. The molecule has 200 valence electrons. The van der Waals surface area contributed by atoms with Crippen LogP contribution < -0.4 is 25.7 Å². The van der Waals surface area contributed by atoms with E-state index in [1.54, 1.807) is 25.5 Å². The number of non-ortho nitro benzene ring substituents is 1. The maximum atomic E-state index is 11.0. The Morgan fingerprint density at radius 3 is 1.90 bits per heavy atom. The minimum Gasteiger partial charge on any atom is -0.497 e. The zero-order valence-electron chi connectivity index (χ0n) is 21.8. The van der Waals surface area contributed by atoms with Crippen molar-refractivity contribution in [1.82, 2.24) is 15.0 Å². The van der Waals surface area contributed by atoms with Gasteiger partial charge in [-0.25, -0.2) is 5.43 Å². The molecule has 12 nitrogen and oxygen atoms in total. The van der Waals surface area contributed by atoms with Crippen LogP contribution in [-0.4, -0.2) is 46.3 Å². The quantitative estimate of drug-likeness (QED) is 0.122. The number of rotatable bonds is 12. The molecule has 0 fully saturated rings. The van der Waals surface area contributed by atoms with Crippen LogP contribution in [0.5, 0.6) is 5.75 Å². The van der Waals surface area contributed by atoms with Crippen molar-refractivity contribution < 1.29 is 9.66 Å². The summed E-state index contributed by atoms with van der Waals surface area (Å²) >= 11 is 0. The van der Waals surface area contributed by atoms with E-state index in [2.05, 4.69) is 67.0 Å². The van der Waals surface area contributed by atoms with Crippen molar-refractivity contribution in [2.24, 2.45) is 5.10 Å². The molecule has 0 unspecified atom stereocenters. The monoisotopic (exact) mass is 527 g/mol. The van der Waals surface area contributed by atoms with Gasteiger partial charge in [-0.3, -0.25) is 10.1 Å². The summed E-state index contributed by atoms with van der Waals surface area (Å²) in [7, 11) is 1.60. The molecule has 0 saturated heterocycles. The van der Waals surface area contributed by atoms with Crippen LogP contribution in [0.3, 0.4) is 0 Å². The van der Waals surface area contributed by atoms with Gasteiger partial charge >= 0.3 is 0 Å². The van der Waals surface area contributed by atoms with Crippen molar-refractivity contribution in [3.63, 3.8) is 0 Å². The van der Waals surface area contributed by atoms with Crippen molar-refractivity contribution in [2.45, 2.75) is 13.8 Å². The predicted molar refractivity (Wildman–Crippen MR) is 154 cm³/mol. The van der Waals surface area contributed by atoms with Gasteiger partial charge in [-0.1, -0.05) is 12.1 Å². The van der Waals surface area contributed by atoms with Gasteiger partial charge in [-0.15, -0.1) is 0 Å². The molecule has 0 aliphatic rings. The van der Waals surface area contributed by atoms with E-state index in [4.69, 9.17) is 4.74 Å². The fraction of sp³-hybridized carbons (Fsp3) is 0.185. The van der Waals surface area contributed by atoms with Crippen molar-refractivity contribution in [3.8, 4) is 5.75 Å². The highest BCUT2D eigenvalue weighted by molar-refractivity contribution is 5.80. The summed E-state index contributed by atoms with van der Waals surface area (Å²) in [6, 6.07) is 21.3. The van der Waals surface area contributed by atoms with Crippen LogP contribution in [0.25, 0.3) is 0 Å². The Morgan fingerprint density at radius 2 is 1.38 bits per heavy atom. The number of hydrogen-bond acceptors (Lipinski definition) is 11.